The molecule has 0 fully saturated rings. The molecule has 1 rings (SSSR count). The van der Waals surface area contributed by atoms with Crippen molar-refractivity contribution in [2.24, 2.45) is 0 Å². The van der Waals surface area contributed by atoms with E-state index in [1.54, 1.807) is 0 Å². The Morgan fingerprint density at radius 1 is 1.47 bits per heavy atom. The molecule has 0 aliphatic rings. The average Bonchev–Trinajstić information content (AvgIpc) is 2.20. The molecule has 0 bridgehead atoms. The SMILES string of the molecule is CC(C)(CO)NS(=O)(=O)c1ccc(N)c(F)c1. The van der Waals surface area contributed by atoms with E-state index in [-0.39, 0.29) is 17.2 Å². The van der Waals surface area contributed by atoms with Gasteiger partial charge in [-0.3, -0.25) is 0 Å². The number of halogens is 1. The lowest BCUT2D eigenvalue weighted by Gasteiger charge is -2.23. The van der Waals surface area contributed by atoms with Gasteiger partial charge >= 0.3 is 0 Å². The topological polar surface area (TPSA) is 92.4 Å². The number of sulfonamides is 1. The Morgan fingerprint density at radius 3 is 2.53 bits per heavy atom. The van der Waals surface area contributed by atoms with Crippen LogP contribution in [0.1, 0.15) is 13.8 Å². The van der Waals surface area contributed by atoms with Crippen LogP contribution in [0.4, 0.5) is 10.1 Å². The Balaban J connectivity index is 3.10. The van der Waals surface area contributed by atoms with E-state index in [0.29, 0.717) is 0 Å². The van der Waals surface area contributed by atoms with Crippen LogP contribution < -0.4 is 10.5 Å². The van der Waals surface area contributed by atoms with Crippen molar-refractivity contribution in [2.75, 3.05) is 12.3 Å². The number of aliphatic hydroxyl groups is 1. The fourth-order valence-electron chi connectivity index (χ4n) is 1.13. The van der Waals surface area contributed by atoms with E-state index in [1.165, 1.54) is 26.0 Å². The third-order valence-electron chi connectivity index (χ3n) is 2.09. The van der Waals surface area contributed by atoms with Crippen molar-refractivity contribution in [2.45, 2.75) is 24.3 Å². The Bertz CT molecular complexity index is 514. The number of nitrogens with one attached hydrogen (secondary N) is 1. The van der Waals surface area contributed by atoms with Gasteiger partial charge in [-0.1, -0.05) is 0 Å². The highest BCUT2D eigenvalue weighted by Gasteiger charge is 2.25. The van der Waals surface area contributed by atoms with Gasteiger partial charge in [-0.2, -0.15) is 0 Å². The fourth-order valence-corrected chi connectivity index (χ4v) is 2.55. The van der Waals surface area contributed by atoms with Crippen LogP contribution in [0.2, 0.25) is 0 Å². The number of nitrogens with two attached hydrogens (primary N) is 1. The molecule has 0 aromatic heterocycles. The summed E-state index contributed by atoms with van der Waals surface area (Å²) in [4.78, 5) is -0.231. The maximum Gasteiger partial charge on any atom is 0.241 e. The van der Waals surface area contributed by atoms with Crippen molar-refractivity contribution >= 4 is 15.7 Å². The molecule has 7 heteroatoms. The van der Waals surface area contributed by atoms with Crippen LogP contribution in [0, 0.1) is 5.82 Å². The van der Waals surface area contributed by atoms with Crippen LogP contribution >= 0.6 is 0 Å². The monoisotopic (exact) mass is 262 g/mol. The van der Waals surface area contributed by atoms with Crippen molar-refractivity contribution in [1.29, 1.82) is 0 Å². The molecule has 0 unspecified atom stereocenters. The quantitative estimate of drug-likeness (QED) is 0.687. The molecule has 0 saturated heterocycles. The molecular weight excluding hydrogens is 247 g/mol. The molecule has 0 saturated carbocycles. The fraction of sp³-hybridized carbons (Fsp3) is 0.400. The van der Waals surface area contributed by atoms with E-state index in [9.17, 15) is 12.8 Å². The van der Waals surface area contributed by atoms with Crippen molar-refractivity contribution < 1.29 is 17.9 Å². The van der Waals surface area contributed by atoms with Crippen LogP contribution in [-0.4, -0.2) is 25.7 Å². The summed E-state index contributed by atoms with van der Waals surface area (Å²) in [5, 5.41) is 8.98. The predicted molar refractivity (Wildman–Crippen MR) is 62.3 cm³/mol. The Morgan fingerprint density at radius 2 is 2.06 bits per heavy atom. The molecule has 96 valence electrons. The van der Waals surface area contributed by atoms with Gasteiger partial charge in [-0.25, -0.2) is 17.5 Å². The van der Waals surface area contributed by atoms with Gasteiger partial charge in [0.25, 0.3) is 0 Å². The lowest BCUT2D eigenvalue weighted by atomic mass is 10.1. The van der Waals surface area contributed by atoms with Gasteiger partial charge in [0.1, 0.15) is 5.82 Å². The molecule has 1 aromatic rings. The van der Waals surface area contributed by atoms with Crippen molar-refractivity contribution in [3.8, 4) is 0 Å². The van der Waals surface area contributed by atoms with E-state index in [4.69, 9.17) is 10.8 Å². The lowest BCUT2D eigenvalue weighted by Crippen LogP contribution is -2.46. The highest BCUT2D eigenvalue weighted by Crippen LogP contribution is 2.17. The van der Waals surface area contributed by atoms with E-state index in [2.05, 4.69) is 4.72 Å². The molecule has 0 atom stereocenters. The first-order chi connectivity index (χ1) is 7.68. The molecule has 0 spiro atoms. The second-order valence-corrected chi connectivity index (χ2v) is 6.01. The van der Waals surface area contributed by atoms with Gasteiger partial charge in [0.05, 0.1) is 22.7 Å². The van der Waals surface area contributed by atoms with E-state index >= 15 is 0 Å². The van der Waals surface area contributed by atoms with Crippen LogP contribution in [0.3, 0.4) is 0 Å². The molecule has 0 heterocycles. The first-order valence-electron chi connectivity index (χ1n) is 4.88. The maximum atomic E-state index is 13.2. The average molecular weight is 262 g/mol. The number of aliphatic hydroxyl groups excluding tert-OH is 1. The first-order valence-corrected chi connectivity index (χ1v) is 6.36. The number of anilines is 1. The smallest absolute Gasteiger partial charge is 0.241 e. The number of hydrogen-bond donors (Lipinski definition) is 3. The highest BCUT2D eigenvalue weighted by molar-refractivity contribution is 7.89. The first kappa shape index (κ1) is 13.9. The van der Waals surface area contributed by atoms with Crippen LogP contribution in [-0.2, 0) is 10.0 Å². The minimum absolute atomic E-state index is 0.120. The molecule has 1 aromatic carbocycles. The minimum Gasteiger partial charge on any atom is -0.396 e. The van der Waals surface area contributed by atoms with Crippen molar-refractivity contribution in [3.63, 3.8) is 0 Å². The maximum absolute atomic E-state index is 13.2. The summed E-state index contributed by atoms with van der Waals surface area (Å²) in [6.45, 7) is 2.65. The molecule has 0 amide bonds. The Kier molecular flexibility index (Phi) is 3.75. The molecule has 0 radical (unpaired) electrons. The largest absolute Gasteiger partial charge is 0.396 e. The molecule has 17 heavy (non-hydrogen) atoms. The zero-order valence-electron chi connectivity index (χ0n) is 9.57. The van der Waals surface area contributed by atoms with Crippen LogP contribution in [0.15, 0.2) is 23.1 Å². The summed E-state index contributed by atoms with van der Waals surface area (Å²) in [7, 11) is -3.87. The third-order valence-corrected chi connectivity index (χ3v) is 3.78. The normalized spacial score (nSPS) is 12.7. The zero-order chi connectivity index (χ0) is 13.3. The lowest BCUT2D eigenvalue weighted by molar-refractivity contribution is 0.208. The van der Waals surface area contributed by atoms with Gasteiger partial charge < -0.3 is 10.8 Å². The molecule has 0 aliphatic carbocycles. The predicted octanol–water partition coefficient (Wildman–Crippen LogP) is 0.457. The zero-order valence-corrected chi connectivity index (χ0v) is 10.4. The van der Waals surface area contributed by atoms with Gasteiger partial charge in [-0.05, 0) is 32.0 Å². The summed E-state index contributed by atoms with van der Waals surface area (Å²) in [6.07, 6.45) is 0. The Hall–Kier alpha value is -1.18. The van der Waals surface area contributed by atoms with Crippen LogP contribution in [0.5, 0.6) is 0 Å². The third kappa shape index (κ3) is 3.39. The number of nitrogen functional groups attached to an aromatic ring is 1. The van der Waals surface area contributed by atoms with E-state index in [1.807, 2.05) is 0 Å². The molecule has 5 nitrogen and oxygen atoms in total. The second kappa shape index (κ2) is 4.59. The van der Waals surface area contributed by atoms with E-state index < -0.39 is 21.4 Å². The number of rotatable bonds is 4. The molecule has 0 aliphatic heterocycles. The van der Waals surface area contributed by atoms with Gasteiger partial charge in [0.2, 0.25) is 10.0 Å². The second-order valence-electron chi connectivity index (χ2n) is 4.33. The standard InChI is InChI=1S/C10H15FN2O3S/c1-10(2,6-14)13-17(15,16)7-3-4-9(12)8(11)5-7/h3-5,13-14H,6,12H2,1-2H3. The van der Waals surface area contributed by atoms with Crippen molar-refractivity contribution in [3.05, 3.63) is 24.0 Å². The summed E-state index contributed by atoms with van der Waals surface area (Å²) in [5.74, 6) is -0.797. The summed E-state index contributed by atoms with van der Waals surface area (Å²) < 4.78 is 39.1. The van der Waals surface area contributed by atoms with Crippen LogP contribution in [0.25, 0.3) is 0 Å². The molecule has 4 N–H and O–H groups in total. The van der Waals surface area contributed by atoms with Gasteiger partial charge in [0, 0.05) is 0 Å². The van der Waals surface area contributed by atoms with Gasteiger partial charge in [-0.15, -0.1) is 0 Å². The number of hydrogen-bond acceptors (Lipinski definition) is 4. The number of benzene rings is 1. The minimum atomic E-state index is -3.87. The van der Waals surface area contributed by atoms with E-state index in [0.717, 1.165) is 6.07 Å². The van der Waals surface area contributed by atoms with Gasteiger partial charge in [0.15, 0.2) is 0 Å². The highest BCUT2D eigenvalue weighted by atomic mass is 32.2. The summed E-state index contributed by atoms with van der Waals surface area (Å²) in [5.41, 5.74) is 4.12. The Labute approximate surface area is 99.5 Å². The molecular formula is C10H15FN2O3S. The summed E-state index contributed by atoms with van der Waals surface area (Å²) in [6, 6.07) is 3.22. The van der Waals surface area contributed by atoms with Crippen molar-refractivity contribution in [1.82, 2.24) is 4.72 Å². The summed E-state index contributed by atoms with van der Waals surface area (Å²) >= 11 is 0.